The van der Waals surface area contributed by atoms with E-state index in [2.05, 4.69) is 4.98 Å². The van der Waals surface area contributed by atoms with Gasteiger partial charge in [-0.2, -0.15) is 0 Å². The fraction of sp³-hybridized carbons (Fsp3) is 0.167. The standard InChI is InChI=1S/C12H9F2NO3/c1-2-17-12(16)11-10(15-6-18-11)9-7(13)4-3-5-8(9)14/h3-6H,2H2,1H3. The lowest BCUT2D eigenvalue weighted by atomic mass is 10.1. The number of ether oxygens (including phenoxy) is 1. The normalized spacial score (nSPS) is 10.4. The summed E-state index contributed by atoms with van der Waals surface area (Å²) in [5, 5.41) is 0. The second-order valence-electron chi connectivity index (χ2n) is 3.35. The van der Waals surface area contributed by atoms with E-state index in [0.29, 0.717) is 0 Å². The van der Waals surface area contributed by atoms with Crippen LogP contribution >= 0.6 is 0 Å². The summed E-state index contributed by atoms with van der Waals surface area (Å²) < 4.78 is 36.7. The monoisotopic (exact) mass is 253 g/mol. The summed E-state index contributed by atoms with van der Waals surface area (Å²) in [6, 6.07) is 3.36. The van der Waals surface area contributed by atoms with E-state index in [-0.39, 0.29) is 18.1 Å². The Kier molecular flexibility index (Phi) is 3.36. The zero-order valence-corrected chi connectivity index (χ0v) is 9.44. The first-order valence-electron chi connectivity index (χ1n) is 5.20. The smallest absolute Gasteiger partial charge is 0.376 e. The van der Waals surface area contributed by atoms with Crippen molar-refractivity contribution in [3.8, 4) is 11.3 Å². The SMILES string of the molecule is CCOC(=O)c1ocnc1-c1c(F)cccc1F. The first-order valence-corrected chi connectivity index (χ1v) is 5.20. The van der Waals surface area contributed by atoms with Crippen LogP contribution in [0.5, 0.6) is 0 Å². The maximum Gasteiger partial charge on any atom is 0.376 e. The van der Waals surface area contributed by atoms with Gasteiger partial charge in [-0.3, -0.25) is 0 Å². The van der Waals surface area contributed by atoms with Crippen LogP contribution in [-0.4, -0.2) is 17.6 Å². The number of nitrogens with zero attached hydrogens (tertiary/aromatic N) is 1. The zero-order chi connectivity index (χ0) is 13.1. The minimum Gasteiger partial charge on any atom is -0.460 e. The summed E-state index contributed by atoms with van der Waals surface area (Å²) in [5.41, 5.74) is -0.613. The second-order valence-corrected chi connectivity index (χ2v) is 3.35. The highest BCUT2D eigenvalue weighted by molar-refractivity contribution is 5.93. The molecule has 0 N–H and O–H groups in total. The summed E-state index contributed by atoms with van der Waals surface area (Å²) in [5.74, 6) is -2.78. The lowest BCUT2D eigenvalue weighted by Gasteiger charge is -2.03. The fourth-order valence-electron chi connectivity index (χ4n) is 1.49. The van der Waals surface area contributed by atoms with E-state index in [4.69, 9.17) is 9.15 Å². The minimum absolute atomic E-state index is 0.124. The third kappa shape index (κ3) is 2.09. The van der Waals surface area contributed by atoms with Gasteiger partial charge in [0.25, 0.3) is 0 Å². The number of rotatable bonds is 3. The van der Waals surface area contributed by atoms with Gasteiger partial charge in [0.15, 0.2) is 6.39 Å². The Morgan fingerprint density at radius 3 is 2.67 bits per heavy atom. The van der Waals surface area contributed by atoms with Crippen LogP contribution in [-0.2, 0) is 4.74 Å². The van der Waals surface area contributed by atoms with Crippen molar-refractivity contribution < 1.29 is 22.7 Å². The first kappa shape index (κ1) is 12.2. The number of aromatic nitrogens is 1. The molecule has 0 spiro atoms. The van der Waals surface area contributed by atoms with Crippen molar-refractivity contribution in [1.82, 2.24) is 4.98 Å². The first-order chi connectivity index (χ1) is 8.65. The Labute approximate surface area is 101 Å². The average Bonchev–Trinajstić information content (AvgIpc) is 2.78. The Hall–Kier alpha value is -2.24. The molecule has 18 heavy (non-hydrogen) atoms. The van der Waals surface area contributed by atoms with Crippen molar-refractivity contribution in [3.05, 3.63) is 42.0 Å². The van der Waals surface area contributed by atoms with Crippen LogP contribution in [0.4, 0.5) is 8.78 Å². The van der Waals surface area contributed by atoms with Crippen LogP contribution in [0.2, 0.25) is 0 Å². The summed E-state index contributed by atoms with van der Waals surface area (Å²) in [7, 11) is 0. The van der Waals surface area contributed by atoms with Crippen LogP contribution in [0.3, 0.4) is 0 Å². The molecule has 1 heterocycles. The summed E-state index contributed by atoms with van der Waals surface area (Å²) in [6.07, 6.45) is 0.938. The molecule has 0 radical (unpaired) electrons. The van der Waals surface area contributed by atoms with Gasteiger partial charge in [-0.25, -0.2) is 18.6 Å². The number of hydrogen-bond donors (Lipinski definition) is 0. The molecule has 2 rings (SSSR count). The molecule has 0 bridgehead atoms. The molecule has 0 atom stereocenters. The number of oxazole rings is 1. The van der Waals surface area contributed by atoms with Crippen LogP contribution in [0.1, 0.15) is 17.5 Å². The molecule has 2 aromatic rings. The number of carbonyl (C=O) groups is 1. The Morgan fingerprint density at radius 1 is 1.39 bits per heavy atom. The molecule has 4 nitrogen and oxygen atoms in total. The number of hydrogen-bond acceptors (Lipinski definition) is 4. The summed E-state index contributed by atoms with van der Waals surface area (Å²) in [4.78, 5) is 15.2. The summed E-state index contributed by atoms with van der Waals surface area (Å²) in [6.45, 7) is 1.73. The molecule has 0 aliphatic heterocycles. The predicted octanol–water partition coefficient (Wildman–Crippen LogP) is 2.80. The third-order valence-electron chi connectivity index (χ3n) is 2.23. The molecule has 1 aromatic heterocycles. The molecule has 0 saturated heterocycles. The van der Waals surface area contributed by atoms with Gasteiger partial charge in [0.2, 0.25) is 5.76 Å². The van der Waals surface area contributed by atoms with Crippen molar-refractivity contribution in [1.29, 1.82) is 0 Å². The zero-order valence-electron chi connectivity index (χ0n) is 9.44. The fourth-order valence-corrected chi connectivity index (χ4v) is 1.49. The van der Waals surface area contributed by atoms with E-state index < -0.39 is 23.2 Å². The number of esters is 1. The van der Waals surface area contributed by atoms with Crippen molar-refractivity contribution >= 4 is 5.97 Å². The molecule has 0 fully saturated rings. The van der Waals surface area contributed by atoms with Crippen LogP contribution in [0, 0.1) is 11.6 Å². The van der Waals surface area contributed by atoms with Crippen LogP contribution in [0.15, 0.2) is 29.0 Å². The van der Waals surface area contributed by atoms with E-state index in [1.165, 1.54) is 6.07 Å². The highest BCUT2D eigenvalue weighted by Crippen LogP contribution is 2.28. The van der Waals surface area contributed by atoms with Gasteiger partial charge in [-0.05, 0) is 19.1 Å². The number of benzene rings is 1. The van der Waals surface area contributed by atoms with E-state index in [9.17, 15) is 13.6 Å². The second kappa shape index (κ2) is 4.95. The molecule has 94 valence electrons. The molecule has 0 saturated carbocycles. The van der Waals surface area contributed by atoms with Gasteiger partial charge >= 0.3 is 5.97 Å². The average molecular weight is 253 g/mol. The van der Waals surface area contributed by atoms with Gasteiger partial charge in [-0.15, -0.1) is 0 Å². The van der Waals surface area contributed by atoms with Gasteiger partial charge in [0.05, 0.1) is 12.2 Å². The van der Waals surface area contributed by atoms with E-state index in [0.717, 1.165) is 18.5 Å². The maximum atomic E-state index is 13.6. The lowest BCUT2D eigenvalue weighted by Crippen LogP contribution is -2.06. The molecule has 0 amide bonds. The molecular weight excluding hydrogens is 244 g/mol. The Morgan fingerprint density at radius 2 is 2.06 bits per heavy atom. The van der Waals surface area contributed by atoms with E-state index >= 15 is 0 Å². The Bertz CT molecular complexity index is 560. The van der Waals surface area contributed by atoms with Crippen molar-refractivity contribution in [2.45, 2.75) is 6.92 Å². The van der Waals surface area contributed by atoms with Gasteiger partial charge in [0, 0.05) is 0 Å². The van der Waals surface area contributed by atoms with Gasteiger partial charge in [0.1, 0.15) is 17.3 Å². The van der Waals surface area contributed by atoms with Crippen LogP contribution < -0.4 is 0 Å². The number of carbonyl (C=O) groups excluding carboxylic acids is 1. The quantitative estimate of drug-likeness (QED) is 0.789. The van der Waals surface area contributed by atoms with Gasteiger partial charge < -0.3 is 9.15 Å². The Balaban J connectivity index is 2.52. The molecule has 0 aliphatic carbocycles. The van der Waals surface area contributed by atoms with Crippen molar-refractivity contribution in [2.24, 2.45) is 0 Å². The molecule has 6 heteroatoms. The maximum absolute atomic E-state index is 13.6. The topological polar surface area (TPSA) is 52.3 Å². The third-order valence-corrected chi connectivity index (χ3v) is 2.23. The number of halogens is 2. The molecular formula is C12H9F2NO3. The summed E-state index contributed by atoms with van der Waals surface area (Å²) >= 11 is 0. The molecule has 0 aliphatic rings. The lowest BCUT2D eigenvalue weighted by molar-refractivity contribution is 0.0491. The minimum atomic E-state index is -0.825. The molecule has 0 unspecified atom stereocenters. The largest absolute Gasteiger partial charge is 0.460 e. The highest BCUT2D eigenvalue weighted by atomic mass is 19.1. The molecule has 1 aromatic carbocycles. The van der Waals surface area contributed by atoms with Crippen molar-refractivity contribution in [3.63, 3.8) is 0 Å². The van der Waals surface area contributed by atoms with E-state index in [1.54, 1.807) is 6.92 Å². The van der Waals surface area contributed by atoms with Crippen molar-refractivity contribution in [2.75, 3.05) is 6.61 Å². The van der Waals surface area contributed by atoms with Gasteiger partial charge in [-0.1, -0.05) is 6.07 Å². The predicted molar refractivity (Wildman–Crippen MR) is 57.8 cm³/mol. The highest BCUT2D eigenvalue weighted by Gasteiger charge is 2.24. The van der Waals surface area contributed by atoms with Crippen LogP contribution in [0.25, 0.3) is 11.3 Å². The van der Waals surface area contributed by atoms with E-state index in [1.807, 2.05) is 0 Å².